The zero-order valence-corrected chi connectivity index (χ0v) is 48.4. The predicted molar refractivity (Wildman–Crippen MR) is 296 cm³/mol. The minimum absolute atomic E-state index is 0. The van der Waals surface area contributed by atoms with Crippen LogP contribution < -0.4 is 11.1 Å². The van der Waals surface area contributed by atoms with Crippen LogP contribution >= 0.6 is 0 Å². The number of nitrogens with two attached hydrogens (primary N) is 1. The molecule has 10 amide bonds. The molecule has 0 saturated carbocycles. The maximum atomic E-state index is 14.3. The van der Waals surface area contributed by atoms with Crippen LogP contribution in [-0.4, -0.2) is 278 Å². The van der Waals surface area contributed by atoms with Crippen LogP contribution in [0.4, 0.5) is 0 Å². The van der Waals surface area contributed by atoms with Crippen molar-refractivity contribution in [2.45, 2.75) is 165 Å². The second-order valence-electron chi connectivity index (χ2n) is 19.7. The van der Waals surface area contributed by atoms with E-state index in [1.807, 2.05) is 27.7 Å². The number of nitrogens with one attached hydrogen (secondary N) is 1. The van der Waals surface area contributed by atoms with Gasteiger partial charge in [-0.05, 0) is 80.1 Å². The Balaban J connectivity index is 0. The molecular weight excluding hydrogens is 1010 g/mol. The van der Waals surface area contributed by atoms with E-state index in [9.17, 15) is 68.4 Å². The molecule has 0 heterocycles. The maximum absolute atomic E-state index is 14.3. The Hall–Kier alpha value is -5.50. The van der Waals surface area contributed by atoms with Crippen molar-refractivity contribution < 1.29 is 68.4 Å². The molecule has 0 aromatic rings. The summed E-state index contributed by atoms with van der Waals surface area (Å²) < 4.78 is 0. The number of rotatable bonds is 40. The zero-order chi connectivity index (χ0) is 59.1. The SMILES string of the molecule is C.CCC(C)NCC(=O)N(CC(=O)N(CCO)CC(=O)N(CCO)CC(=O)N(CC(=O)N(CC(=O)N(CCO)CC(=O)N(CCO)CC(=O)N(CC(=O)N(CC(N)=O)C(C)CC)C(C)CC)C(C)CC)C(C)CC)C(C)CC. The van der Waals surface area contributed by atoms with E-state index in [2.05, 4.69) is 5.32 Å². The number of primary amides is 1. The lowest BCUT2D eigenvalue weighted by molar-refractivity contribution is -0.151. The van der Waals surface area contributed by atoms with Crippen molar-refractivity contribution >= 4 is 59.1 Å². The van der Waals surface area contributed by atoms with Gasteiger partial charge in [-0.25, -0.2) is 0 Å². The van der Waals surface area contributed by atoms with Gasteiger partial charge in [0.05, 0.1) is 65.7 Å². The van der Waals surface area contributed by atoms with Gasteiger partial charge >= 0.3 is 0 Å². The van der Waals surface area contributed by atoms with E-state index in [-0.39, 0.29) is 77.3 Å². The molecule has 452 valence electrons. The van der Waals surface area contributed by atoms with Gasteiger partial charge in [-0.2, -0.15) is 0 Å². The van der Waals surface area contributed by atoms with Crippen molar-refractivity contribution in [3.63, 3.8) is 0 Å². The van der Waals surface area contributed by atoms with E-state index in [0.717, 1.165) is 26.0 Å². The number of aliphatic hydroxyl groups is 4. The molecule has 0 fully saturated rings. The summed E-state index contributed by atoms with van der Waals surface area (Å²) >= 11 is 0. The third-order valence-corrected chi connectivity index (χ3v) is 14.2. The topological polar surface area (TPSA) is 319 Å². The predicted octanol–water partition coefficient (Wildman–Crippen LogP) is -1.09. The second-order valence-corrected chi connectivity index (χ2v) is 19.7. The molecule has 25 nitrogen and oxygen atoms in total. The Kier molecular flexibility index (Phi) is 38.0. The third kappa shape index (κ3) is 25.5. The Labute approximate surface area is 464 Å². The van der Waals surface area contributed by atoms with Crippen LogP contribution in [0.5, 0.6) is 0 Å². The van der Waals surface area contributed by atoms with Gasteiger partial charge in [0.2, 0.25) is 59.1 Å². The number of hydrogen-bond acceptors (Lipinski definition) is 15. The molecule has 0 aliphatic carbocycles. The standard InChI is InChI=1S/C52H97N11O14.CH4/c1-13-37(7)54-27-44(69)60(39(9)15-3)33-47(72)55(19-23-64)29-45(70)58(22-26-67)32-50(75)63(42(12)18-6)36-52(77)61(40(10)16-4)34-48(73)56(20-24-65)30-46(71)57(21-25-66)31-49(74)62(41(11)17-5)35-51(76)59(28-43(53)68)38(8)14-2;/h37-42,54,64-67H,13-36H2,1-12H3,(H2,53,68);1H4. The molecule has 25 heteroatoms. The van der Waals surface area contributed by atoms with Gasteiger partial charge in [0, 0.05) is 62.4 Å². The number of carbonyl (C=O) groups is 10. The largest absolute Gasteiger partial charge is 0.395 e. The minimum atomic E-state index is -0.784. The van der Waals surface area contributed by atoms with Gasteiger partial charge in [0.15, 0.2) is 0 Å². The maximum Gasteiger partial charge on any atom is 0.242 e. The lowest BCUT2D eigenvalue weighted by Crippen LogP contribution is -2.56. The highest BCUT2D eigenvalue weighted by molar-refractivity contribution is 5.94. The molecule has 0 radical (unpaired) electrons. The molecule has 0 spiro atoms. The van der Waals surface area contributed by atoms with E-state index in [4.69, 9.17) is 5.73 Å². The first-order valence-corrected chi connectivity index (χ1v) is 27.3. The smallest absolute Gasteiger partial charge is 0.242 e. The molecule has 0 rings (SSSR count). The first-order chi connectivity index (χ1) is 36.3. The highest BCUT2D eigenvalue weighted by atomic mass is 16.3. The average Bonchev–Trinajstić information content (AvgIpc) is 3.40. The summed E-state index contributed by atoms with van der Waals surface area (Å²) in [5, 5.41) is 43.0. The van der Waals surface area contributed by atoms with Crippen LogP contribution in [0.25, 0.3) is 0 Å². The van der Waals surface area contributed by atoms with Crippen molar-refractivity contribution in [3.05, 3.63) is 0 Å². The van der Waals surface area contributed by atoms with Crippen molar-refractivity contribution in [2.24, 2.45) is 5.73 Å². The van der Waals surface area contributed by atoms with E-state index in [1.54, 1.807) is 55.4 Å². The van der Waals surface area contributed by atoms with Gasteiger partial charge in [0.1, 0.15) is 26.2 Å². The summed E-state index contributed by atoms with van der Waals surface area (Å²) in [4.78, 5) is 147. The fourth-order valence-electron chi connectivity index (χ4n) is 7.88. The Bertz CT molecular complexity index is 1880. The van der Waals surface area contributed by atoms with Gasteiger partial charge in [-0.3, -0.25) is 47.9 Å². The summed E-state index contributed by atoms with van der Waals surface area (Å²) in [5.74, 6) is -6.48. The molecule has 0 aromatic carbocycles. The Morgan fingerprint density at radius 2 is 0.564 bits per heavy atom. The number of nitrogens with zero attached hydrogens (tertiary/aromatic N) is 9. The lowest BCUT2D eigenvalue weighted by atomic mass is 10.1. The highest BCUT2D eigenvalue weighted by Crippen LogP contribution is 2.14. The molecule has 6 unspecified atom stereocenters. The minimum Gasteiger partial charge on any atom is -0.395 e. The quantitative estimate of drug-likeness (QED) is 0.0425. The van der Waals surface area contributed by atoms with E-state index in [0.29, 0.717) is 32.1 Å². The first-order valence-electron chi connectivity index (χ1n) is 27.3. The first kappa shape index (κ1) is 74.6. The fourth-order valence-corrected chi connectivity index (χ4v) is 7.88. The molecular formula is C53H101N11O14. The van der Waals surface area contributed by atoms with Crippen molar-refractivity contribution in [1.29, 1.82) is 0 Å². The van der Waals surface area contributed by atoms with Crippen molar-refractivity contribution in [2.75, 3.05) is 118 Å². The van der Waals surface area contributed by atoms with E-state index < -0.39 is 144 Å². The van der Waals surface area contributed by atoms with Crippen LogP contribution in [0.2, 0.25) is 0 Å². The summed E-state index contributed by atoms with van der Waals surface area (Å²) in [6, 6.07) is -2.29. The Morgan fingerprint density at radius 1 is 0.346 bits per heavy atom. The number of amides is 10. The molecule has 0 saturated heterocycles. The third-order valence-electron chi connectivity index (χ3n) is 14.2. The molecule has 0 bridgehead atoms. The molecule has 78 heavy (non-hydrogen) atoms. The van der Waals surface area contributed by atoms with Gasteiger partial charge in [-0.15, -0.1) is 0 Å². The van der Waals surface area contributed by atoms with Crippen molar-refractivity contribution in [3.8, 4) is 0 Å². The second kappa shape index (κ2) is 39.8. The van der Waals surface area contributed by atoms with Crippen LogP contribution in [-0.2, 0) is 47.9 Å². The monoisotopic (exact) mass is 1120 g/mol. The zero-order valence-electron chi connectivity index (χ0n) is 48.4. The van der Waals surface area contributed by atoms with Crippen molar-refractivity contribution in [1.82, 2.24) is 49.4 Å². The number of aliphatic hydroxyl groups excluding tert-OH is 4. The van der Waals surface area contributed by atoms with E-state index >= 15 is 0 Å². The molecule has 0 aliphatic rings. The summed E-state index contributed by atoms with van der Waals surface area (Å²) in [6.45, 7) is 13.3. The van der Waals surface area contributed by atoms with Crippen LogP contribution in [0.1, 0.15) is 129 Å². The average molecular weight is 1120 g/mol. The number of hydrogen-bond donors (Lipinski definition) is 6. The normalized spacial score (nSPS) is 13.3. The highest BCUT2D eigenvalue weighted by Gasteiger charge is 2.34. The van der Waals surface area contributed by atoms with Crippen LogP contribution in [0.15, 0.2) is 0 Å². The van der Waals surface area contributed by atoms with Gasteiger partial charge < -0.3 is 75.6 Å². The molecule has 0 aromatic heterocycles. The molecule has 0 aliphatic heterocycles. The summed E-state index contributed by atoms with van der Waals surface area (Å²) in [5.41, 5.74) is 5.42. The lowest BCUT2D eigenvalue weighted by Gasteiger charge is -2.36. The van der Waals surface area contributed by atoms with Crippen LogP contribution in [0.3, 0.4) is 0 Å². The summed E-state index contributed by atoms with van der Waals surface area (Å²) in [7, 11) is 0. The summed E-state index contributed by atoms with van der Waals surface area (Å²) in [6.07, 6.45) is 2.98. The molecule has 7 N–H and O–H groups in total. The fraction of sp³-hybridized carbons (Fsp3) is 0.811. The van der Waals surface area contributed by atoms with Gasteiger partial charge in [-0.1, -0.05) is 49.0 Å². The molecule has 6 atom stereocenters. The van der Waals surface area contributed by atoms with Crippen LogP contribution in [0, 0.1) is 0 Å². The van der Waals surface area contributed by atoms with Gasteiger partial charge in [0.25, 0.3) is 0 Å². The Morgan fingerprint density at radius 3 is 0.808 bits per heavy atom. The number of carbonyl (C=O) groups excluding carboxylic acids is 10. The van der Waals surface area contributed by atoms with E-state index in [1.165, 1.54) is 24.5 Å².